The van der Waals surface area contributed by atoms with Gasteiger partial charge in [0.2, 0.25) is 0 Å². The molecule has 0 radical (unpaired) electrons. The molecule has 1 heterocycles. The summed E-state index contributed by atoms with van der Waals surface area (Å²) in [5, 5.41) is 13.7. The van der Waals surface area contributed by atoms with Crippen LogP contribution in [-0.4, -0.2) is 29.2 Å². The molecule has 0 atom stereocenters. The van der Waals surface area contributed by atoms with Crippen molar-refractivity contribution in [2.24, 2.45) is 0 Å². The molecule has 0 spiro atoms. The van der Waals surface area contributed by atoms with Gasteiger partial charge in [-0.2, -0.15) is 5.26 Å². The zero-order chi connectivity index (χ0) is 23.1. The number of halogens is 1. The number of nitrogens with one attached hydrogen (secondary N) is 1. The SMILES string of the molecule is CCOC(=O)CSc1nc(C)c(C(=O)Nc2ccccc2)c(-c2cccc(Cl)c2)c1C#N. The second-order valence-electron chi connectivity index (χ2n) is 6.66. The van der Waals surface area contributed by atoms with Crippen molar-refractivity contribution in [3.63, 3.8) is 0 Å². The molecule has 0 saturated heterocycles. The zero-order valence-corrected chi connectivity index (χ0v) is 19.1. The van der Waals surface area contributed by atoms with Crippen molar-refractivity contribution in [1.29, 1.82) is 5.26 Å². The van der Waals surface area contributed by atoms with E-state index in [0.29, 0.717) is 32.6 Å². The number of aromatic nitrogens is 1. The molecule has 32 heavy (non-hydrogen) atoms. The van der Waals surface area contributed by atoms with Crippen molar-refractivity contribution >= 4 is 40.9 Å². The number of para-hydroxylation sites is 1. The van der Waals surface area contributed by atoms with E-state index in [1.165, 1.54) is 0 Å². The Bertz CT molecular complexity index is 1190. The van der Waals surface area contributed by atoms with Crippen molar-refractivity contribution in [1.82, 2.24) is 4.98 Å². The monoisotopic (exact) mass is 465 g/mol. The number of pyridine rings is 1. The van der Waals surface area contributed by atoms with E-state index in [1.54, 1.807) is 50.2 Å². The Morgan fingerprint density at radius 3 is 2.59 bits per heavy atom. The third-order valence-corrected chi connectivity index (χ3v) is 5.64. The van der Waals surface area contributed by atoms with Crippen LogP contribution < -0.4 is 5.32 Å². The molecule has 0 saturated carbocycles. The van der Waals surface area contributed by atoms with E-state index in [2.05, 4.69) is 16.4 Å². The number of esters is 1. The molecule has 0 aliphatic carbocycles. The van der Waals surface area contributed by atoms with E-state index in [-0.39, 0.29) is 23.5 Å². The Kier molecular flexibility index (Phi) is 7.87. The molecule has 1 amide bonds. The van der Waals surface area contributed by atoms with Crippen molar-refractivity contribution in [3.05, 3.63) is 76.4 Å². The van der Waals surface area contributed by atoms with Crippen LogP contribution in [-0.2, 0) is 9.53 Å². The van der Waals surface area contributed by atoms with Gasteiger partial charge in [-0.15, -0.1) is 0 Å². The fourth-order valence-corrected chi connectivity index (χ4v) is 4.16. The first kappa shape index (κ1) is 23.3. The Balaban J connectivity index is 2.14. The lowest BCUT2D eigenvalue weighted by Crippen LogP contribution is -2.17. The number of carbonyl (C=O) groups excluding carboxylic acids is 2. The minimum Gasteiger partial charge on any atom is -0.465 e. The lowest BCUT2D eigenvalue weighted by Gasteiger charge is -2.17. The molecule has 6 nitrogen and oxygen atoms in total. The summed E-state index contributed by atoms with van der Waals surface area (Å²) in [5.74, 6) is -0.801. The van der Waals surface area contributed by atoms with Crippen LogP contribution in [0.2, 0.25) is 5.02 Å². The lowest BCUT2D eigenvalue weighted by atomic mass is 9.94. The summed E-state index contributed by atoms with van der Waals surface area (Å²) < 4.78 is 4.97. The van der Waals surface area contributed by atoms with Crippen LogP contribution in [0.5, 0.6) is 0 Å². The fourth-order valence-electron chi connectivity index (χ4n) is 3.14. The molecule has 0 aliphatic rings. The maximum Gasteiger partial charge on any atom is 0.316 e. The van der Waals surface area contributed by atoms with Crippen LogP contribution in [0.1, 0.15) is 28.5 Å². The average molecular weight is 466 g/mol. The molecular formula is C24H20ClN3O3S. The highest BCUT2D eigenvalue weighted by Gasteiger charge is 2.25. The predicted octanol–water partition coefficient (Wildman–Crippen LogP) is 5.49. The van der Waals surface area contributed by atoms with Crippen molar-refractivity contribution in [2.45, 2.75) is 18.9 Å². The van der Waals surface area contributed by atoms with Crippen LogP contribution in [0.3, 0.4) is 0 Å². The summed E-state index contributed by atoms with van der Waals surface area (Å²) in [7, 11) is 0. The van der Waals surface area contributed by atoms with Crippen LogP contribution in [0, 0.1) is 18.3 Å². The van der Waals surface area contributed by atoms with Crippen LogP contribution in [0.15, 0.2) is 59.6 Å². The zero-order valence-electron chi connectivity index (χ0n) is 17.5. The van der Waals surface area contributed by atoms with E-state index in [9.17, 15) is 14.9 Å². The topological polar surface area (TPSA) is 92.1 Å². The second kappa shape index (κ2) is 10.8. The predicted molar refractivity (Wildman–Crippen MR) is 126 cm³/mol. The highest BCUT2D eigenvalue weighted by Crippen LogP contribution is 2.36. The molecular weight excluding hydrogens is 446 g/mol. The maximum atomic E-state index is 13.3. The molecule has 0 bridgehead atoms. The van der Waals surface area contributed by atoms with Crippen LogP contribution in [0.4, 0.5) is 5.69 Å². The molecule has 3 aromatic rings. The third kappa shape index (κ3) is 5.47. The minimum absolute atomic E-state index is 0.000492. The number of thioether (sulfide) groups is 1. The maximum absolute atomic E-state index is 13.3. The van der Waals surface area contributed by atoms with E-state index >= 15 is 0 Å². The van der Waals surface area contributed by atoms with Crippen molar-refractivity contribution < 1.29 is 14.3 Å². The number of aryl methyl sites for hydroxylation is 1. The number of anilines is 1. The van der Waals surface area contributed by atoms with Gasteiger partial charge >= 0.3 is 5.97 Å². The molecule has 162 valence electrons. The molecule has 1 aromatic heterocycles. The summed E-state index contributed by atoms with van der Waals surface area (Å²) in [6, 6.07) is 18.1. The number of nitriles is 1. The first-order valence-corrected chi connectivity index (χ1v) is 11.2. The summed E-state index contributed by atoms with van der Waals surface area (Å²) >= 11 is 7.30. The van der Waals surface area contributed by atoms with Gasteiger partial charge < -0.3 is 10.1 Å². The summed E-state index contributed by atoms with van der Waals surface area (Å²) in [6.45, 7) is 3.69. The standard InChI is InChI=1S/C24H20ClN3O3S/c1-3-31-20(29)14-32-24-19(13-26)22(16-8-7-9-17(25)12-16)21(15(2)27-24)23(30)28-18-10-5-4-6-11-18/h4-12H,3,14H2,1-2H3,(H,28,30). The van der Waals surface area contributed by atoms with E-state index in [1.807, 2.05) is 18.2 Å². The lowest BCUT2D eigenvalue weighted by molar-refractivity contribution is -0.139. The van der Waals surface area contributed by atoms with E-state index in [0.717, 1.165) is 11.8 Å². The van der Waals surface area contributed by atoms with E-state index < -0.39 is 11.9 Å². The van der Waals surface area contributed by atoms with Gasteiger partial charge in [-0.1, -0.05) is 53.7 Å². The molecule has 0 aliphatic heterocycles. The van der Waals surface area contributed by atoms with Gasteiger partial charge in [0.25, 0.3) is 5.91 Å². The largest absolute Gasteiger partial charge is 0.465 e. The van der Waals surface area contributed by atoms with Gasteiger partial charge in [0.1, 0.15) is 11.1 Å². The number of benzene rings is 2. The Morgan fingerprint density at radius 2 is 1.94 bits per heavy atom. The highest BCUT2D eigenvalue weighted by atomic mass is 35.5. The number of rotatable bonds is 7. The summed E-state index contributed by atoms with van der Waals surface area (Å²) in [4.78, 5) is 29.6. The average Bonchev–Trinajstić information content (AvgIpc) is 2.78. The summed E-state index contributed by atoms with van der Waals surface area (Å²) in [6.07, 6.45) is 0. The molecule has 0 fully saturated rings. The van der Waals surface area contributed by atoms with Gasteiger partial charge in [-0.3, -0.25) is 9.59 Å². The number of carbonyl (C=O) groups is 2. The Morgan fingerprint density at radius 1 is 1.19 bits per heavy atom. The molecule has 0 unspecified atom stereocenters. The molecule has 8 heteroatoms. The molecule has 3 rings (SSSR count). The van der Waals surface area contributed by atoms with Gasteiger partial charge in [0, 0.05) is 16.3 Å². The molecule has 2 aromatic carbocycles. The van der Waals surface area contributed by atoms with Gasteiger partial charge in [0.05, 0.1) is 29.2 Å². The molecule has 1 N–H and O–H groups in total. The second-order valence-corrected chi connectivity index (χ2v) is 8.06. The van der Waals surface area contributed by atoms with Gasteiger partial charge in [-0.25, -0.2) is 4.98 Å². The third-order valence-electron chi connectivity index (χ3n) is 4.46. The number of amides is 1. The number of hydrogen-bond donors (Lipinski definition) is 1. The minimum atomic E-state index is -0.406. The fraction of sp³-hybridized carbons (Fsp3) is 0.167. The van der Waals surface area contributed by atoms with Gasteiger partial charge in [-0.05, 0) is 43.7 Å². The van der Waals surface area contributed by atoms with Crippen LogP contribution in [0.25, 0.3) is 11.1 Å². The number of nitrogens with zero attached hydrogens (tertiary/aromatic N) is 2. The highest BCUT2D eigenvalue weighted by molar-refractivity contribution is 7.99. The summed E-state index contributed by atoms with van der Waals surface area (Å²) in [5.41, 5.74) is 2.54. The first-order valence-electron chi connectivity index (χ1n) is 9.80. The Labute approximate surface area is 195 Å². The Hall–Kier alpha value is -3.34. The normalized spacial score (nSPS) is 10.3. The van der Waals surface area contributed by atoms with Gasteiger partial charge in [0.15, 0.2) is 0 Å². The smallest absolute Gasteiger partial charge is 0.316 e. The quantitative estimate of drug-likeness (QED) is 0.366. The van der Waals surface area contributed by atoms with E-state index in [4.69, 9.17) is 16.3 Å². The van der Waals surface area contributed by atoms with Crippen molar-refractivity contribution in [2.75, 3.05) is 17.7 Å². The first-order chi connectivity index (χ1) is 15.4. The van der Waals surface area contributed by atoms with Crippen molar-refractivity contribution in [3.8, 4) is 17.2 Å². The number of ether oxygens (including phenoxy) is 1. The van der Waals surface area contributed by atoms with Crippen LogP contribution >= 0.6 is 23.4 Å². The number of hydrogen-bond acceptors (Lipinski definition) is 6.